The zero-order chi connectivity index (χ0) is 13.7. The van der Waals surface area contributed by atoms with Crippen LogP contribution >= 0.6 is 0 Å². The summed E-state index contributed by atoms with van der Waals surface area (Å²) >= 11 is 0. The standard InChI is InChI=1S/C16H18N2O/c1-12(19)18-15-8-6-14(7-9-15)16-5-3-2-4-13(16)10-11-17/h2-9H,10-11,17H2,1H3,(H,18,19). The molecule has 2 aromatic carbocycles. The van der Waals surface area contributed by atoms with E-state index in [4.69, 9.17) is 5.73 Å². The summed E-state index contributed by atoms with van der Waals surface area (Å²) in [6, 6.07) is 16.1. The predicted octanol–water partition coefficient (Wildman–Crippen LogP) is 2.81. The Balaban J connectivity index is 2.29. The van der Waals surface area contributed by atoms with Gasteiger partial charge < -0.3 is 11.1 Å². The van der Waals surface area contributed by atoms with Crippen molar-refractivity contribution in [1.82, 2.24) is 0 Å². The van der Waals surface area contributed by atoms with E-state index in [9.17, 15) is 4.79 Å². The quantitative estimate of drug-likeness (QED) is 0.881. The summed E-state index contributed by atoms with van der Waals surface area (Å²) in [5.74, 6) is -0.0590. The molecule has 2 rings (SSSR count). The lowest BCUT2D eigenvalue weighted by atomic mass is 9.97. The third-order valence-electron chi connectivity index (χ3n) is 2.95. The molecule has 0 aliphatic carbocycles. The molecule has 0 saturated heterocycles. The van der Waals surface area contributed by atoms with E-state index in [1.807, 2.05) is 36.4 Å². The average molecular weight is 254 g/mol. The number of anilines is 1. The van der Waals surface area contributed by atoms with Crippen molar-refractivity contribution in [3.8, 4) is 11.1 Å². The summed E-state index contributed by atoms with van der Waals surface area (Å²) in [5.41, 5.74) is 10.0. The molecule has 2 aromatic rings. The van der Waals surface area contributed by atoms with Gasteiger partial charge in [-0.2, -0.15) is 0 Å². The van der Waals surface area contributed by atoms with Gasteiger partial charge in [0, 0.05) is 12.6 Å². The molecule has 0 unspecified atom stereocenters. The Morgan fingerprint density at radius 1 is 1.11 bits per heavy atom. The molecule has 0 aliphatic rings. The van der Waals surface area contributed by atoms with Gasteiger partial charge in [0.05, 0.1) is 0 Å². The molecule has 1 amide bonds. The maximum absolute atomic E-state index is 11.0. The van der Waals surface area contributed by atoms with Crippen LogP contribution in [0.1, 0.15) is 12.5 Å². The van der Waals surface area contributed by atoms with Gasteiger partial charge in [0.2, 0.25) is 5.91 Å². The summed E-state index contributed by atoms with van der Waals surface area (Å²) in [6.07, 6.45) is 0.865. The van der Waals surface area contributed by atoms with Crippen molar-refractivity contribution in [3.63, 3.8) is 0 Å². The number of rotatable bonds is 4. The number of nitrogens with one attached hydrogen (secondary N) is 1. The first kappa shape index (κ1) is 13.3. The maximum Gasteiger partial charge on any atom is 0.221 e. The van der Waals surface area contributed by atoms with Crippen molar-refractivity contribution in [2.24, 2.45) is 5.73 Å². The van der Waals surface area contributed by atoms with Gasteiger partial charge in [-0.05, 0) is 41.8 Å². The van der Waals surface area contributed by atoms with Crippen LogP contribution in [-0.4, -0.2) is 12.5 Å². The van der Waals surface area contributed by atoms with Crippen molar-refractivity contribution < 1.29 is 4.79 Å². The van der Waals surface area contributed by atoms with Gasteiger partial charge in [0.25, 0.3) is 0 Å². The zero-order valence-corrected chi connectivity index (χ0v) is 11.0. The summed E-state index contributed by atoms with van der Waals surface area (Å²) in [7, 11) is 0. The lowest BCUT2D eigenvalue weighted by Gasteiger charge is -2.10. The molecule has 3 nitrogen and oxygen atoms in total. The van der Waals surface area contributed by atoms with Gasteiger partial charge in [-0.1, -0.05) is 36.4 Å². The fourth-order valence-corrected chi connectivity index (χ4v) is 2.11. The highest BCUT2D eigenvalue weighted by Gasteiger charge is 2.04. The monoisotopic (exact) mass is 254 g/mol. The number of carbonyl (C=O) groups excluding carboxylic acids is 1. The molecule has 3 heteroatoms. The van der Waals surface area contributed by atoms with Crippen LogP contribution in [-0.2, 0) is 11.2 Å². The fraction of sp³-hybridized carbons (Fsp3) is 0.188. The molecule has 0 bridgehead atoms. The lowest BCUT2D eigenvalue weighted by Crippen LogP contribution is -2.05. The van der Waals surface area contributed by atoms with E-state index >= 15 is 0 Å². The van der Waals surface area contributed by atoms with Crippen LogP contribution in [0.4, 0.5) is 5.69 Å². The van der Waals surface area contributed by atoms with Crippen LogP contribution in [0.25, 0.3) is 11.1 Å². The van der Waals surface area contributed by atoms with Crippen LogP contribution < -0.4 is 11.1 Å². The Bertz CT molecular complexity index is 561. The lowest BCUT2D eigenvalue weighted by molar-refractivity contribution is -0.114. The van der Waals surface area contributed by atoms with Crippen molar-refractivity contribution in [1.29, 1.82) is 0 Å². The minimum atomic E-state index is -0.0590. The van der Waals surface area contributed by atoms with Crippen LogP contribution in [0, 0.1) is 0 Å². The summed E-state index contributed by atoms with van der Waals surface area (Å²) in [4.78, 5) is 11.0. The number of hydrogen-bond donors (Lipinski definition) is 2. The molecule has 0 atom stereocenters. The van der Waals surface area contributed by atoms with Crippen molar-refractivity contribution in [2.45, 2.75) is 13.3 Å². The van der Waals surface area contributed by atoms with Crippen molar-refractivity contribution in [3.05, 3.63) is 54.1 Å². The van der Waals surface area contributed by atoms with Gasteiger partial charge in [-0.3, -0.25) is 4.79 Å². The zero-order valence-electron chi connectivity index (χ0n) is 11.0. The minimum absolute atomic E-state index is 0.0590. The molecule has 0 heterocycles. The Hall–Kier alpha value is -2.13. The first-order valence-electron chi connectivity index (χ1n) is 6.36. The van der Waals surface area contributed by atoms with Gasteiger partial charge in [-0.25, -0.2) is 0 Å². The third-order valence-corrected chi connectivity index (χ3v) is 2.95. The third kappa shape index (κ3) is 3.42. The molecule has 0 spiro atoms. The van der Waals surface area contributed by atoms with Gasteiger partial charge >= 0.3 is 0 Å². The van der Waals surface area contributed by atoms with E-state index < -0.39 is 0 Å². The van der Waals surface area contributed by atoms with Crippen LogP contribution in [0.2, 0.25) is 0 Å². The summed E-state index contributed by atoms with van der Waals surface area (Å²) < 4.78 is 0. The van der Waals surface area contributed by atoms with Crippen molar-refractivity contribution >= 4 is 11.6 Å². The number of amides is 1. The fourth-order valence-electron chi connectivity index (χ4n) is 2.11. The average Bonchev–Trinajstić information content (AvgIpc) is 2.40. The summed E-state index contributed by atoms with van der Waals surface area (Å²) in [6.45, 7) is 2.14. The van der Waals surface area contributed by atoms with Crippen LogP contribution in [0.5, 0.6) is 0 Å². The Morgan fingerprint density at radius 2 is 1.79 bits per heavy atom. The Kier molecular flexibility index (Phi) is 4.31. The molecular formula is C16H18N2O. The highest BCUT2D eigenvalue weighted by molar-refractivity contribution is 5.89. The number of benzene rings is 2. The molecule has 0 aromatic heterocycles. The first-order chi connectivity index (χ1) is 9.20. The first-order valence-corrected chi connectivity index (χ1v) is 6.36. The largest absolute Gasteiger partial charge is 0.330 e. The van der Waals surface area contributed by atoms with E-state index in [-0.39, 0.29) is 5.91 Å². The second-order valence-electron chi connectivity index (χ2n) is 4.45. The molecule has 3 N–H and O–H groups in total. The Morgan fingerprint density at radius 3 is 2.42 bits per heavy atom. The molecule has 0 fully saturated rings. The number of hydrogen-bond acceptors (Lipinski definition) is 2. The van der Waals surface area contributed by atoms with Crippen LogP contribution in [0.15, 0.2) is 48.5 Å². The van der Waals surface area contributed by atoms with Gasteiger partial charge in [0.15, 0.2) is 0 Å². The molecular weight excluding hydrogens is 236 g/mol. The summed E-state index contributed by atoms with van der Waals surface area (Å²) in [5, 5.41) is 2.76. The van der Waals surface area contributed by atoms with Crippen molar-refractivity contribution in [2.75, 3.05) is 11.9 Å². The normalized spacial score (nSPS) is 10.2. The van der Waals surface area contributed by atoms with E-state index in [1.165, 1.54) is 18.1 Å². The van der Waals surface area contributed by atoms with Gasteiger partial charge in [-0.15, -0.1) is 0 Å². The molecule has 0 saturated carbocycles. The minimum Gasteiger partial charge on any atom is -0.330 e. The highest BCUT2D eigenvalue weighted by atomic mass is 16.1. The smallest absolute Gasteiger partial charge is 0.221 e. The molecule has 19 heavy (non-hydrogen) atoms. The van der Waals surface area contributed by atoms with E-state index in [2.05, 4.69) is 17.4 Å². The number of nitrogens with two attached hydrogens (primary N) is 1. The molecule has 0 radical (unpaired) electrons. The topological polar surface area (TPSA) is 55.1 Å². The second kappa shape index (κ2) is 6.16. The molecule has 98 valence electrons. The van der Waals surface area contributed by atoms with Gasteiger partial charge in [0.1, 0.15) is 0 Å². The predicted molar refractivity (Wildman–Crippen MR) is 78.9 cm³/mol. The van der Waals surface area contributed by atoms with E-state index in [1.54, 1.807) is 0 Å². The Labute approximate surface area is 113 Å². The van der Waals surface area contributed by atoms with E-state index in [0.29, 0.717) is 6.54 Å². The molecule has 0 aliphatic heterocycles. The number of carbonyl (C=O) groups is 1. The van der Waals surface area contributed by atoms with E-state index in [0.717, 1.165) is 17.7 Å². The SMILES string of the molecule is CC(=O)Nc1ccc(-c2ccccc2CCN)cc1. The van der Waals surface area contributed by atoms with Crippen LogP contribution in [0.3, 0.4) is 0 Å². The second-order valence-corrected chi connectivity index (χ2v) is 4.45. The maximum atomic E-state index is 11.0. The highest BCUT2D eigenvalue weighted by Crippen LogP contribution is 2.25.